The summed E-state index contributed by atoms with van der Waals surface area (Å²) < 4.78 is 0. The molecular formula is C39H58N4O3. The molecule has 252 valence electrons. The number of aromatic nitrogens is 1. The summed E-state index contributed by atoms with van der Waals surface area (Å²) in [4.78, 5) is 34.5. The van der Waals surface area contributed by atoms with Crippen LogP contribution >= 0.6 is 0 Å². The first-order valence-corrected chi connectivity index (χ1v) is 18.4. The molecule has 8 atom stereocenters. The lowest BCUT2D eigenvalue weighted by molar-refractivity contribution is -0.141. The molecule has 46 heavy (non-hydrogen) atoms. The van der Waals surface area contributed by atoms with Crippen LogP contribution in [-0.4, -0.2) is 88.5 Å². The number of piperazine rings is 1. The van der Waals surface area contributed by atoms with Gasteiger partial charge in [-0.2, -0.15) is 0 Å². The molecule has 5 aliphatic rings. The molecule has 0 bridgehead atoms. The number of aliphatic hydroxyl groups is 1. The number of aryl methyl sites for hydroxylation is 1. The largest absolute Gasteiger partial charge is 0.393 e. The molecule has 1 saturated heterocycles. The highest BCUT2D eigenvalue weighted by atomic mass is 16.3. The standard InChI is InChI=1S/C29H49N3O3.C10H9N/c1-4-13-30(20-33)19-27(35)32-16-14-31(15-17-32)22-7-5-21-6-8-23-24-9-10-26(34)28(24,2)12-11-25(23)29(21,3)18-22;1-8-6-9-4-2-3-5-10(9)7-11-8/h20-26,34H,4-19H2,1-3H3;2-7H,1H3. The molecule has 1 N–H and O–H groups in total. The van der Waals surface area contributed by atoms with E-state index < -0.39 is 0 Å². The zero-order valence-corrected chi connectivity index (χ0v) is 28.9. The molecule has 8 unspecified atom stereocenters. The Balaban J connectivity index is 0.000000283. The fraction of sp³-hybridized carbons (Fsp3) is 0.718. The Hall–Kier alpha value is -2.51. The smallest absolute Gasteiger partial charge is 0.242 e. The minimum absolute atomic E-state index is 0.0855. The van der Waals surface area contributed by atoms with Gasteiger partial charge in [0.15, 0.2) is 0 Å². The van der Waals surface area contributed by atoms with Gasteiger partial charge in [-0.3, -0.25) is 19.5 Å². The van der Waals surface area contributed by atoms with Crippen LogP contribution in [-0.2, 0) is 9.59 Å². The van der Waals surface area contributed by atoms with Gasteiger partial charge in [0.05, 0.1) is 12.6 Å². The van der Waals surface area contributed by atoms with E-state index in [2.05, 4.69) is 41.9 Å². The van der Waals surface area contributed by atoms with Gasteiger partial charge >= 0.3 is 0 Å². The van der Waals surface area contributed by atoms with Crippen molar-refractivity contribution >= 4 is 23.1 Å². The number of hydrogen-bond donors (Lipinski definition) is 1. The van der Waals surface area contributed by atoms with Crippen molar-refractivity contribution in [1.29, 1.82) is 0 Å². The van der Waals surface area contributed by atoms with E-state index in [-0.39, 0.29) is 24.0 Å². The van der Waals surface area contributed by atoms with Gasteiger partial charge in [0.2, 0.25) is 12.3 Å². The van der Waals surface area contributed by atoms with Crippen molar-refractivity contribution in [1.82, 2.24) is 19.7 Å². The fourth-order valence-electron chi connectivity index (χ4n) is 10.9. The summed E-state index contributed by atoms with van der Waals surface area (Å²) in [5, 5.41) is 13.2. The van der Waals surface area contributed by atoms with Gasteiger partial charge in [-0.15, -0.1) is 0 Å². The molecule has 2 heterocycles. The molecule has 7 rings (SSSR count). The number of pyridine rings is 1. The maximum absolute atomic E-state index is 12.8. The fourth-order valence-corrected chi connectivity index (χ4v) is 10.9. The molecule has 1 aromatic carbocycles. The van der Waals surface area contributed by atoms with Gasteiger partial charge in [-0.1, -0.05) is 45.0 Å². The van der Waals surface area contributed by atoms with Crippen LogP contribution in [0, 0.1) is 41.4 Å². The third-order valence-corrected chi connectivity index (χ3v) is 13.5. The van der Waals surface area contributed by atoms with Gasteiger partial charge in [-0.25, -0.2) is 0 Å². The normalized spacial score (nSPS) is 35.7. The minimum atomic E-state index is -0.0855. The number of rotatable bonds is 6. The first-order chi connectivity index (χ1) is 22.2. The number of fused-ring (bicyclic) bond motifs is 6. The molecule has 2 amide bonds. The monoisotopic (exact) mass is 630 g/mol. The van der Waals surface area contributed by atoms with Crippen molar-refractivity contribution in [2.24, 2.45) is 34.5 Å². The number of benzene rings is 1. The van der Waals surface area contributed by atoms with Crippen molar-refractivity contribution < 1.29 is 14.7 Å². The Morgan fingerprint density at radius 2 is 1.70 bits per heavy atom. The number of aliphatic hydroxyl groups excluding tert-OH is 1. The van der Waals surface area contributed by atoms with E-state index in [9.17, 15) is 14.7 Å². The van der Waals surface area contributed by atoms with Gasteiger partial charge in [-0.05, 0) is 117 Å². The van der Waals surface area contributed by atoms with Crippen molar-refractivity contribution in [2.45, 2.75) is 104 Å². The molecule has 2 aromatic rings. The van der Waals surface area contributed by atoms with Crippen molar-refractivity contribution in [3.8, 4) is 0 Å². The average molecular weight is 631 g/mol. The van der Waals surface area contributed by atoms with Crippen LogP contribution in [0.1, 0.15) is 90.7 Å². The molecule has 5 fully saturated rings. The second-order valence-electron chi connectivity index (χ2n) is 15.9. The van der Waals surface area contributed by atoms with E-state index in [1.54, 1.807) is 4.90 Å². The molecule has 1 aromatic heterocycles. The molecular weight excluding hydrogens is 572 g/mol. The van der Waals surface area contributed by atoms with E-state index in [1.807, 2.05) is 37.1 Å². The maximum atomic E-state index is 12.8. The minimum Gasteiger partial charge on any atom is -0.393 e. The Kier molecular flexibility index (Phi) is 10.1. The number of carbonyl (C=O) groups excluding carboxylic acids is 2. The zero-order valence-electron chi connectivity index (χ0n) is 28.9. The van der Waals surface area contributed by atoms with E-state index in [4.69, 9.17) is 0 Å². The van der Waals surface area contributed by atoms with Crippen molar-refractivity contribution in [3.05, 3.63) is 42.2 Å². The summed E-state index contributed by atoms with van der Waals surface area (Å²) in [6.45, 7) is 13.4. The Bertz CT molecular complexity index is 1360. The Morgan fingerprint density at radius 3 is 2.43 bits per heavy atom. The van der Waals surface area contributed by atoms with Crippen LogP contribution in [0.5, 0.6) is 0 Å². The third kappa shape index (κ3) is 6.48. The highest BCUT2D eigenvalue weighted by Crippen LogP contribution is 2.66. The number of hydrogen-bond acceptors (Lipinski definition) is 5. The van der Waals surface area contributed by atoms with Crippen molar-refractivity contribution in [3.63, 3.8) is 0 Å². The van der Waals surface area contributed by atoms with Crippen LogP contribution < -0.4 is 0 Å². The SMILES string of the molecule is CCCN(C=O)CC(=O)N1CCN(C2CCC3CCC4C5CCC(O)C5(C)CCC4C3(C)C2)CC1.Cc1cc2ccccc2cn1. The van der Waals surface area contributed by atoms with Crippen LogP contribution in [0.4, 0.5) is 0 Å². The van der Waals surface area contributed by atoms with E-state index in [1.165, 1.54) is 62.1 Å². The third-order valence-electron chi connectivity index (χ3n) is 13.5. The van der Waals surface area contributed by atoms with Crippen LogP contribution in [0.15, 0.2) is 36.5 Å². The molecule has 0 radical (unpaired) electrons. The van der Waals surface area contributed by atoms with E-state index in [0.717, 1.165) is 74.8 Å². The molecule has 4 saturated carbocycles. The summed E-state index contributed by atoms with van der Waals surface area (Å²) in [6, 6.07) is 11.0. The molecule has 7 nitrogen and oxygen atoms in total. The molecule has 1 aliphatic heterocycles. The lowest BCUT2D eigenvalue weighted by Gasteiger charge is -2.62. The predicted octanol–water partition coefficient (Wildman–Crippen LogP) is 6.31. The highest BCUT2D eigenvalue weighted by Gasteiger charge is 2.60. The Morgan fingerprint density at radius 1 is 0.978 bits per heavy atom. The van der Waals surface area contributed by atoms with Gasteiger partial charge < -0.3 is 14.9 Å². The van der Waals surface area contributed by atoms with E-state index >= 15 is 0 Å². The van der Waals surface area contributed by atoms with Crippen LogP contribution in [0.3, 0.4) is 0 Å². The van der Waals surface area contributed by atoms with Gasteiger partial charge in [0.1, 0.15) is 0 Å². The summed E-state index contributed by atoms with van der Waals surface area (Å²) in [5.41, 5.74) is 1.67. The lowest BCUT2D eigenvalue weighted by atomic mass is 9.45. The quantitative estimate of drug-likeness (QED) is 0.379. The molecule has 0 spiro atoms. The second kappa shape index (κ2) is 13.9. The highest BCUT2D eigenvalue weighted by molar-refractivity contribution is 5.81. The maximum Gasteiger partial charge on any atom is 0.242 e. The molecule has 4 aliphatic carbocycles. The average Bonchev–Trinajstić information content (AvgIpc) is 3.38. The number of carbonyl (C=O) groups is 2. The van der Waals surface area contributed by atoms with Crippen molar-refractivity contribution in [2.75, 3.05) is 39.3 Å². The van der Waals surface area contributed by atoms with Gasteiger partial charge in [0, 0.05) is 56.0 Å². The number of amides is 2. The summed E-state index contributed by atoms with van der Waals surface area (Å²) >= 11 is 0. The predicted molar refractivity (Wildman–Crippen MR) is 184 cm³/mol. The molecule has 7 heteroatoms. The second-order valence-corrected chi connectivity index (χ2v) is 15.9. The van der Waals surface area contributed by atoms with E-state index in [0.29, 0.717) is 18.0 Å². The number of nitrogens with zero attached hydrogens (tertiary/aromatic N) is 4. The summed E-state index contributed by atoms with van der Waals surface area (Å²) in [6.07, 6.45) is 15.0. The summed E-state index contributed by atoms with van der Waals surface area (Å²) in [7, 11) is 0. The lowest BCUT2D eigenvalue weighted by Crippen LogP contribution is -2.59. The van der Waals surface area contributed by atoms with Gasteiger partial charge in [0.25, 0.3) is 0 Å². The van der Waals surface area contributed by atoms with Crippen LogP contribution in [0.2, 0.25) is 0 Å². The zero-order chi connectivity index (χ0) is 32.5. The Labute approximate surface area is 277 Å². The summed E-state index contributed by atoms with van der Waals surface area (Å²) in [5.74, 6) is 3.32. The first kappa shape index (κ1) is 33.4. The van der Waals surface area contributed by atoms with Crippen LogP contribution in [0.25, 0.3) is 10.8 Å². The first-order valence-electron chi connectivity index (χ1n) is 18.4. The topological polar surface area (TPSA) is 77.0 Å².